The summed E-state index contributed by atoms with van der Waals surface area (Å²) in [6.45, 7) is 3.78. The normalized spacial score (nSPS) is 19.0. The molecular weight excluding hydrogens is 493 g/mol. The number of aryl methyl sites for hydroxylation is 2. The number of imidazole rings is 1. The number of aromatic hydroxyl groups is 1. The number of hydrogen-bond donors (Lipinski definition) is 2. The van der Waals surface area contributed by atoms with Gasteiger partial charge in [0.2, 0.25) is 0 Å². The predicted molar refractivity (Wildman–Crippen MR) is 143 cm³/mol. The van der Waals surface area contributed by atoms with Crippen LogP contribution in [-0.2, 0) is 7.05 Å². The number of nitrogens with one attached hydrogen (secondary N) is 1. The fraction of sp³-hybridized carbons (Fsp3) is 0.286. The van der Waals surface area contributed by atoms with Gasteiger partial charge in [-0.3, -0.25) is 9.55 Å². The van der Waals surface area contributed by atoms with Gasteiger partial charge in [-0.2, -0.15) is 0 Å². The van der Waals surface area contributed by atoms with Crippen molar-refractivity contribution in [3.8, 4) is 33.7 Å². The second-order valence-electron chi connectivity index (χ2n) is 9.95. The number of phenols is 1. The molecule has 2 aromatic carbocycles. The molecule has 0 amide bonds. The Morgan fingerprint density at radius 1 is 1.03 bits per heavy atom. The van der Waals surface area contributed by atoms with Gasteiger partial charge < -0.3 is 19.9 Å². The second-order valence-corrected chi connectivity index (χ2v) is 10.4. The molecule has 2 unspecified atom stereocenters. The number of benzene rings is 2. The lowest BCUT2D eigenvalue weighted by molar-refractivity contribution is 0.465. The molecule has 2 bridgehead atoms. The van der Waals surface area contributed by atoms with Gasteiger partial charge in [-0.25, -0.2) is 9.18 Å². The average Bonchev–Trinajstić information content (AvgIpc) is 3.40. The molecule has 0 aliphatic carbocycles. The molecule has 2 saturated heterocycles. The summed E-state index contributed by atoms with van der Waals surface area (Å²) >= 11 is 6.53. The van der Waals surface area contributed by atoms with E-state index in [0.29, 0.717) is 45.0 Å². The van der Waals surface area contributed by atoms with Gasteiger partial charge in [0.05, 0.1) is 22.1 Å². The SMILES string of the molecule is Cc1ncc(-c2cc(F)cc(-c3ccc(-n4ccn(C)c4=O)c(Cl)c3)c2O)cc1N1CC2CCC(C1)N2. The van der Waals surface area contributed by atoms with Crippen molar-refractivity contribution in [2.75, 3.05) is 18.0 Å². The topological polar surface area (TPSA) is 75.3 Å². The highest BCUT2D eigenvalue weighted by Gasteiger charge is 2.33. The van der Waals surface area contributed by atoms with Crippen LogP contribution >= 0.6 is 11.6 Å². The first-order chi connectivity index (χ1) is 17.8. The molecule has 37 heavy (non-hydrogen) atoms. The van der Waals surface area contributed by atoms with Crippen LogP contribution in [0.2, 0.25) is 5.02 Å². The standard InChI is InChI=1S/C28H27ClFN5O2/c1-16-26(34-14-20-4-5-21(15-34)32-20)10-18(13-31-16)23-12-19(30)11-22(27(23)36)17-3-6-25(24(29)9-17)35-8-7-33(2)28(35)37/h3,6-13,20-21,32,36H,4-5,14-15H2,1-2H3. The lowest BCUT2D eigenvalue weighted by atomic mass is 9.97. The molecule has 2 aliphatic rings. The Bertz CT molecular complexity index is 1570. The van der Waals surface area contributed by atoms with Gasteiger partial charge in [-0.1, -0.05) is 17.7 Å². The Kier molecular flexibility index (Phi) is 5.81. The maximum absolute atomic E-state index is 14.9. The van der Waals surface area contributed by atoms with Crippen molar-refractivity contribution < 1.29 is 9.50 Å². The Hall–Kier alpha value is -3.62. The van der Waals surface area contributed by atoms with Crippen molar-refractivity contribution in [2.24, 2.45) is 7.05 Å². The zero-order valence-corrected chi connectivity index (χ0v) is 21.3. The van der Waals surface area contributed by atoms with Crippen LogP contribution in [0.4, 0.5) is 10.1 Å². The van der Waals surface area contributed by atoms with Crippen LogP contribution in [0, 0.1) is 12.7 Å². The minimum absolute atomic E-state index is 0.0564. The van der Waals surface area contributed by atoms with Gasteiger partial charge >= 0.3 is 5.69 Å². The summed E-state index contributed by atoms with van der Waals surface area (Å²) < 4.78 is 17.8. The minimum atomic E-state index is -0.482. The Labute approximate surface area is 218 Å². The van der Waals surface area contributed by atoms with Crippen LogP contribution < -0.4 is 15.9 Å². The number of phenolic OH excluding ortho intramolecular Hbond substituents is 1. The molecule has 9 heteroatoms. The molecule has 0 radical (unpaired) electrons. The van der Waals surface area contributed by atoms with Crippen molar-refractivity contribution in [1.29, 1.82) is 0 Å². The van der Waals surface area contributed by atoms with Crippen molar-refractivity contribution in [1.82, 2.24) is 19.4 Å². The first kappa shape index (κ1) is 23.8. The van der Waals surface area contributed by atoms with Crippen LogP contribution in [-0.4, -0.2) is 44.4 Å². The number of hydrogen-bond acceptors (Lipinski definition) is 5. The third-order valence-corrected chi connectivity index (χ3v) is 7.77. The molecule has 6 rings (SSSR count). The molecule has 4 aromatic rings. The summed E-state index contributed by atoms with van der Waals surface area (Å²) in [7, 11) is 1.66. The van der Waals surface area contributed by atoms with Crippen LogP contribution in [0.5, 0.6) is 5.75 Å². The monoisotopic (exact) mass is 519 g/mol. The molecule has 7 nitrogen and oxygen atoms in total. The summed E-state index contributed by atoms with van der Waals surface area (Å²) in [5.41, 5.74) is 4.03. The quantitative estimate of drug-likeness (QED) is 0.410. The van der Waals surface area contributed by atoms with Crippen molar-refractivity contribution in [2.45, 2.75) is 31.8 Å². The predicted octanol–water partition coefficient (Wildman–Crippen LogP) is 4.65. The molecule has 2 aromatic heterocycles. The summed E-state index contributed by atoms with van der Waals surface area (Å²) in [5.74, 6) is -0.538. The number of anilines is 1. The van der Waals surface area contributed by atoms with E-state index < -0.39 is 5.82 Å². The summed E-state index contributed by atoms with van der Waals surface area (Å²) in [5, 5.41) is 15.2. The largest absolute Gasteiger partial charge is 0.507 e. The lowest BCUT2D eigenvalue weighted by Gasteiger charge is -2.35. The molecule has 0 spiro atoms. The third kappa shape index (κ3) is 4.20. The molecule has 2 fully saturated rings. The van der Waals surface area contributed by atoms with Crippen molar-refractivity contribution in [3.63, 3.8) is 0 Å². The number of rotatable bonds is 4. The van der Waals surface area contributed by atoms with Gasteiger partial charge in [-0.05, 0) is 55.7 Å². The van der Waals surface area contributed by atoms with E-state index in [1.807, 2.05) is 13.0 Å². The maximum Gasteiger partial charge on any atom is 0.332 e. The molecule has 2 N–H and O–H groups in total. The smallest absolute Gasteiger partial charge is 0.332 e. The number of pyridine rings is 1. The van der Waals surface area contributed by atoms with Crippen LogP contribution in [0.25, 0.3) is 27.9 Å². The minimum Gasteiger partial charge on any atom is -0.507 e. The van der Waals surface area contributed by atoms with Crippen LogP contribution in [0.1, 0.15) is 18.5 Å². The van der Waals surface area contributed by atoms with E-state index in [-0.39, 0.29) is 11.4 Å². The maximum atomic E-state index is 14.9. The van der Waals surface area contributed by atoms with Gasteiger partial charge in [0.15, 0.2) is 0 Å². The molecule has 2 atom stereocenters. The summed E-state index contributed by atoms with van der Waals surface area (Å²) in [4.78, 5) is 19.3. The van der Waals surface area contributed by atoms with Crippen molar-refractivity contribution in [3.05, 3.63) is 82.0 Å². The third-order valence-electron chi connectivity index (χ3n) is 7.47. The fourth-order valence-corrected chi connectivity index (χ4v) is 5.81. The fourth-order valence-electron chi connectivity index (χ4n) is 5.54. The van der Waals surface area contributed by atoms with E-state index in [9.17, 15) is 14.3 Å². The van der Waals surface area contributed by atoms with E-state index in [2.05, 4.69) is 15.2 Å². The Morgan fingerprint density at radius 3 is 2.38 bits per heavy atom. The Morgan fingerprint density at radius 2 is 1.73 bits per heavy atom. The summed E-state index contributed by atoms with van der Waals surface area (Å²) in [6.07, 6.45) is 7.29. The van der Waals surface area contributed by atoms with Gasteiger partial charge in [0.1, 0.15) is 11.6 Å². The number of fused-ring (bicyclic) bond motifs is 2. The average molecular weight is 520 g/mol. The second kappa shape index (κ2) is 9.04. The number of piperazine rings is 1. The van der Waals surface area contributed by atoms with Crippen molar-refractivity contribution >= 4 is 17.3 Å². The van der Waals surface area contributed by atoms with Gasteiger partial charge in [0, 0.05) is 67.5 Å². The highest BCUT2D eigenvalue weighted by atomic mass is 35.5. The highest BCUT2D eigenvalue weighted by molar-refractivity contribution is 6.32. The van der Waals surface area contributed by atoms with E-state index in [0.717, 1.165) is 24.5 Å². The van der Waals surface area contributed by atoms with Gasteiger partial charge in [-0.15, -0.1) is 0 Å². The van der Waals surface area contributed by atoms with Crippen LogP contribution in [0.15, 0.2) is 59.8 Å². The molecule has 0 saturated carbocycles. The first-order valence-electron chi connectivity index (χ1n) is 12.3. The zero-order chi connectivity index (χ0) is 25.8. The first-order valence-corrected chi connectivity index (χ1v) is 12.7. The number of halogens is 2. The van der Waals surface area contributed by atoms with Crippen LogP contribution in [0.3, 0.4) is 0 Å². The van der Waals surface area contributed by atoms with Gasteiger partial charge in [0.25, 0.3) is 0 Å². The zero-order valence-electron chi connectivity index (χ0n) is 20.6. The van der Waals surface area contributed by atoms with E-state index in [1.165, 1.54) is 34.1 Å². The van der Waals surface area contributed by atoms with E-state index >= 15 is 0 Å². The van der Waals surface area contributed by atoms with E-state index in [4.69, 9.17) is 11.6 Å². The number of aromatic nitrogens is 3. The Balaban J connectivity index is 1.39. The highest BCUT2D eigenvalue weighted by Crippen LogP contribution is 2.41. The molecule has 2 aliphatic heterocycles. The molecule has 4 heterocycles. The molecular formula is C28H27ClFN5O2. The van der Waals surface area contributed by atoms with E-state index in [1.54, 1.807) is 43.8 Å². The number of nitrogens with zero attached hydrogens (tertiary/aromatic N) is 4. The lowest BCUT2D eigenvalue weighted by Crippen LogP contribution is -2.51. The molecule has 190 valence electrons. The summed E-state index contributed by atoms with van der Waals surface area (Å²) in [6, 6.07) is 10.6.